The number of nitrogens with one attached hydrogen (secondary N) is 2. The Bertz CT molecular complexity index is 1220. The van der Waals surface area contributed by atoms with Gasteiger partial charge < -0.3 is 19.9 Å². The highest BCUT2D eigenvalue weighted by Crippen LogP contribution is 2.40. The number of H-pyrrole nitrogens is 1. The number of fused-ring (bicyclic) bond motifs is 3. The van der Waals surface area contributed by atoms with Gasteiger partial charge in [-0.1, -0.05) is 0 Å². The van der Waals surface area contributed by atoms with Crippen LogP contribution in [0.3, 0.4) is 0 Å². The SMILES string of the molecule is C[C@@H](COCCC(=O)N1CCN2c3ncc(C(F)(F)F)cc3SC[C@H]2C1)Nc1cn[nH]c(=O)c1C(F)(F)F. The molecule has 9 nitrogen and oxygen atoms in total. The molecule has 0 aliphatic carbocycles. The Hall–Kier alpha value is -3.01. The fraction of sp³-hybridized carbons (Fsp3) is 0.545. The molecule has 1 fully saturated rings. The molecule has 1 saturated heterocycles. The molecule has 2 aliphatic heterocycles. The van der Waals surface area contributed by atoms with Crippen molar-refractivity contribution in [1.29, 1.82) is 0 Å². The predicted molar refractivity (Wildman–Crippen MR) is 126 cm³/mol. The number of thioether (sulfide) groups is 1. The zero-order valence-corrected chi connectivity index (χ0v) is 20.8. The van der Waals surface area contributed by atoms with Crippen molar-refractivity contribution in [3.63, 3.8) is 0 Å². The van der Waals surface area contributed by atoms with Crippen molar-refractivity contribution in [1.82, 2.24) is 20.1 Å². The Balaban J connectivity index is 1.24. The first-order valence-corrected chi connectivity index (χ1v) is 12.6. The number of hydrogen-bond acceptors (Lipinski definition) is 8. The van der Waals surface area contributed by atoms with Crippen LogP contribution in [0.1, 0.15) is 24.5 Å². The average Bonchev–Trinajstić information content (AvgIpc) is 2.84. The number of ether oxygens (including phenoxy) is 1. The molecule has 0 aromatic carbocycles. The summed E-state index contributed by atoms with van der Waals surface area (Å²) in [5.74, 6) is 0.830. The van der Waals surface area contributed by atoms with Gasteiger partial charge in [0.15, 0.2) is 0 Å². The van der Waals surface area contributed by atoms with Crippen LogP contribution < -0.4 is 15.8 Å². The van der Waals surface area contributed by atoms with Gasteiger partial charge in [-0.2, -0.15) is 31.4 Å². The van der Waals surface area contributed by atoms with Crippen molar-refractivity contribution in [3.8, 4) is 0 Å². The number of aromatic nitrogens is 3. The number of alkyl halides is 6. The van der Waals surface area contributed by atoms with Crippen molar-refractivity contribution >= 4 is 29.2 Å². The fourth-order valence-corrected chi connectivity index (χ4v) is 5.44. The molecule has 0 saturated carbocycles. The normalized spacial score (nSPS) is 18.6. The summed E-state index contributed by atoms with van der Waals surface area (Å²) < 4.78 is 83.9. The van der Waals surface area contributed by atoms with Gasteiger partial charge in [0.05, 0.1) is 48.0 Å². The first-order chi connectivity index (χ1) is 17.8. The molecule has 2 aliphatic rings. The monoisotopic (exact) mass is 566 g/mol. The van der Waals surface area contributed by atoms with Gasteiger partial charge in [-0.15, -0.1) is 11.8 Å². The molecular formula is C22H24F6N6O3S. The third-order valence-electron chi connectivity index (χ3n) is 6.07. The molecule has 4 heterocycles. The Morgan fingerprint density at radius 3 is 2.71 bits per heavy atom. The van der Waals surface area contributed by atoms with Crippen molar-refractivity contribution < 1.29 is 35.9 Å². The van der Waals surface area contributed by atoms with Crippen LogP contribution in [0.2, 0.25) is 0 Å². The Morgan fingerprint density at radius 1 is 1.24 bits per heavy atom. The maximum Gasteiger partial charge on any atom is 0.423 e. The highest BCUT2D eigenvalue weighted by molar-refractivity contribution is 7.99. The number of nitrogens with zero attached hydrogens (tertiary/aromatic N) is 4. The van der Waals surface area contributed by atoms with Crippen LogP contribution in [-0.2, 0) is 21.9 Å². The summed E-state index contributed by atoms with van der Waals surface area (Å²) in [7, 11) is 0. The minimum atomic E-state index is -4.86. The average molecular weight is 567 g/mol. The van der Waals surface area contributed by atoms with E-state index in [1.165, 1.54) is 11.8 Å². The zero-order chi connectivity index (χ0) is 27.7. The van der Waals surface area contributed by atoms with Crippen LogP contribution in [0.25, 0.3) is 0 Å². The number of piperazine rings is 1. The second-order valence-corrected chi connectivity index (χ2v) is 9.96. The Kier molecular flexibility index (Phi) is 8.11. The fourth-order valence-electron chi connectivity index (χ4n) is 4.28. The number of halogens is 6. The van der Waals surface area contributed by atoms with Crippen LogP contribution in [0.15, 0.2) is 28.2 Å². The summed E-state index contributed by atoms with van der Waals surface area (Å²) in [4.78, 5) is 32.3. The third kappa shape index (κ3) is 6.34. The lowest BCUT2D eigenvalue weighted by atomic mass is 10.1. The van der Waals surface area contributed by atoms with E-state index in [0.717, 1.165) is 18.5 Å². The minimum absolute atomic E-state index is 0.0210. The molecule has 16 heteroatoms. The lowest BCUT2D eigenvalue weighted by molar-refractivity contribution is -0.138. The summed E-state index contributed by atoms with van der Waals surface area (Å²) in [6, 6.07) is 0.401. The van der Waals surface area contributed by atoms with E-state index < -0.39 is 40.8 Å². The molecule has 0 bridgehead atoms. The maximum absolute atomic E-state index is 13.2. The molecule has 208 valence electrons. The zero-order valence-electron chi connectivity index (χ0n) is 20.0. The predicted octanol–water partition coefficient (Wildman–Crippen LogP) is 3.23. The topological polar surface area (TPSA) is 103 Å². The van der Waals surface area contributed by atoms with Gasteiger partial charge in [-0.25, -0.2) is 10.1 Å². The molecule has 0 radical (unpaired) electrons. The van der Waals surface area contributed by atoms with E-state index in [1.54, 1.807) is 16.9 Å². The van der Waals surface area contributed by atoms with Crippen LogP contribution in [0, 0.1) is 0 Å². The standard InChI is InChI=1S/C22H24F6N6O3S/c1-12(31-15-8-30-32-20(36)18(15)22(26,27)28)10-37-5-2-17(35)33-3-4-34-14(9-33)11-38-16-6-13(21(23,24)25)7-29-19(16)34/h6-8,12,14H,2-5,9-11H2,1H3,(H2,31,32,36)/t12-,14+/m0/s1. The number of carbonyl (C=O) groups is 1. The number of rotatable bonds is 7. The minimum Gasteiger partial charge on any atom is -0.379 e. The molecule has 2 aromatic heterocycles. The summed E-state index contributed by atoms with van der Waals surface area (Å²) >= 11 is 1.28. The molecule has 2 aromatic rings. The van der Waals surface area contributed by atoms with E-state index in [-0.39, 0.29) is 31.6 Å². The molecule has 4 rings (SSSR count). The largest absolute Gasteiger partial charge is 0.423 e. The smallest absolute Gasteiger partial charge is 0.379 e. The number of hydrogen-bond donors (Lipinski definition) is 2. The van der Waals surface area contributed by atoms with Crippen LogP contribution in [0.4, 0.5) is 37.8 Å². The number of amides is 1. The molecule has 1 amide bonds. The number of carbonyl (C=O) groups excluding carboxylic acids is 1. The maximum atomic E-state index is 13.2. The van der Waals surface area contributed by atoms with E-state index in [9.17, 15) is 35.9 Å². The van der Waals surface area contributed by atoms with Gasteiger partial charge in [0.2, 0.25) is 5.91 Å². The number of anilines is 2. The van der Waals surface area contributed by atoms with E-state index in [4.69, 9.17) is 4.74 Å². The summed E-state index contributed by atoms with van der Waals surface area (Å²) in [5.41, 5.74) is -4.01. The van der Waals surface area contributed by atoms with E-state index >= 15 is 0 Å². The molecule has 0 spiro atoms. The van der Waals surface area contributed by atoms with E-state index in [0.29, 0.717) is 36.1 Å². The van der Waals surface area contributed by atoms with Crippen molar-refractivity contribution in [2.75, 3.05) is 48.8 Å². The molecule has 0 unspecified atom stereocenters. The van der Waals surface area contributed by atoms with Crippen LogP contribution in [0.5, 0.6) is 0 Å². The van der Waals surface area contributed by atoms with Gasteiger partial charge in [0.25, 0.3) is 5.56 Å². The Morgan fingerprint density at radius 2 is 2.00 bits per heavy atom. The second kappa shape index (κ2) is 11.0. The third-order valence-corrected chi connectivity index (χ3v) is 7.23. The summed E-state index contributed by atoms with van der Waals surface area (Å²) in [6.45, 7) is 2.77. The summed E-state index contributed by atoms with van der Waals surface area (Å²) in [5, 5.41) is 7.71. The first-order valence-electron chi connectivity index (χ1n) is 11.6. The number of pyridine rings is 1. The lowest BCUT2D eigenvalue weighted by Gasteiger charge is -2.45. The van der Waals surface area contributed by atoms with Crippen molar-refractivity contribution in [3.05, 3.63) is 39.9 Å². The van der Waals surface area contributed by atoms with Gasteiger partial charge >= 0.3 is 12.4 Å². The molecule has 2 atom stereocenters. The molecular weight excluding hydrogens is 542 g/mol. The highest BCUT2D eigenvalue weighted by atomic mass is 32.2. The highest BCUT2D eigenvalue weighted by Gasteiger charge is 2.38. The van der Waals surface area contributed by atoms with Gasteiger partial charge in [-0.05, 0) is 13.0 Å². The van der Waals surface area contributed by atoms with Crippen LogP contribution in [-0.4, -0.2) is 76.7 Å². The lowest BCUT2D eigenvalue weighted by Crippen LogP contribution is -2.57. The first kappa shape index (κ1) is 28.0. The van der Waals surface area contributed by atoms with Crippen molar-refractivity contribution in [2.45, 2.75) is 42.7 Å². The molecule has 38 heavy (non-hydrogen) atoms. The number of aromatic amines is 1. The van der Waals surface area contributed by atoms with Gasteiger partial charge in [0, 0.05) is 37.6 Å². The van der Waals surface area contributed by atoms with E-state index in [1.807, 2.05) is 4.90 Å². The van der Waals surface area contributed by atoms with E-state index in [2.05, 4.69) is 15.4 Å². The summed E-state index contributed by atoms with van der Waals surface area (Å²) in [6.07, 6.45) is -7.59. The molecule has 2 N–H and O–H groups in total. The van der Waals surface area contributed by atoms with Gasteiger partial charge in [0.1, 0.15) is 11.4 Å². The van der Waals surface area contributed by atoms with Crippen molar-refractivity contribution in [2.24, 2.45) is 0 Å². The second-order valence-electron chi connectivity index (χ2n) is 8.90. The van der Waals surface area contributed by atoms with Gasteiger partial charge in [-0.3, -0.25) is 9.59 Å². The van der Waals surface area contributed by atoms with Crippen LogP contribution >= 0.6 is 11.8 Å². The quantitative estimate of drug-likeness (QED) is 0.389. The Labute approximate surface area is 216 Å².